The Hall–Kier alpha value is -2.35. The first-order valence-corrected chi connectivity index (χ1v) is 8.70. The van der Waals surface area contributed by atoms with Gasteiger partial charge in [-0.25, -0.2) is 14.1 Å². The van der Waals surface area contributed by atoms with Crippen LogP contribution < -0.4 is 0 Å². The fourth-order valence-corrected chi connectivity index (χ4v) is 2.96. The average Bonchev–Trinajstić information content (AvgIpc) is 2.95. The topological polar surface area (TPSA) is 74.3 Å². The van der Waals surface area contributed by atoms with Gasteiger partial charge in [0, 0.05) is 14.1 Å². The van der Waals surface area contributed by atoms with Gasteiger partial charge in [0.2, 0.25) is 11.4 Å². The number of Topliss-reactive ketones (excluding diaryl/α,β-unsaturated/α-hetero) is 1. The molecule has 0 fully saturated rings. The Bertz CT molecular complexity index is 1000. The van der Waals surface area contributed by atoms with E-state index in [9.17, 15) is 27.6 Å². The fraction of sp³-hybridized carbons (Fsp3) is 0.250. The minimum absolute atomic E-state index is 0.284. The number of rotatable bonds is 5. The Morgan fingerprint density at radius 3 is 2.31 bits per heavy atom. The van der Waals surface area contributed by atoms with Gasteiger partial charge >= 0.3 is 6.18 Å². The van der Waals surface area contributed by atoms with Gasteiger partial charge in [-0.2, -0.15) is 23.5 Å². The van der Waals surface area contributed by atoms with Crippen molar-refractivity contribution < 1.29 is 22.4 Å². The molecule has 1 aromatic carbocycles. The zero-order valence-electron chi connectivity index (χ0n) is 14.6. The molecule has 0 N–H and O–H groups in total. The maximum Gasteiger partial charge on any atom is 0.416 e. The predicted molar refractivity (Wildman–Crippen MR) is 100 cm³/mol. The van der Waals surface area contributed by atoms with Gasteiger partial charge in [-0.3, -0.25) is 4.79 Å². The van der Waals surface area contributed by atoms with Gasteiger partial charge in [0.15, 0.2) is 11.5 Å². The van der Waals surface area contributed by atoms with Crippen molar-refractivity contribution in [3.63, 3.8) is 0 Å². The van der Waals surface area contributed by atoms with E-state index in [2.05, 4.69) is 10.1 Å². The van der Waals surface area contributed by atoms with Crippen LogP contribution in [0.3, 0.4) is 0 Å². The first-order chi connectivity index (χ1) is 13.4. The maximum atomic E-state index is 13.5. The van der Waals surface area contributed by atoms with Crippen LogP contribution in [0.2, 0.25) is 10.0 Å². The van der Waals surface area contributed by atoms with E-state index in [1.54, 1.807) is 20.2 Å². The second-order valence-corrected chi connectivity index (χ2v) is 6.93. The van der Waals surface area contributed by atoms with Gasteiger partial charge in [0.1, 0.15) is 17.3 Å². The van der Waals surface area contributed by atoms with Crippen molar-refractivity contribution in [2.75, 3.05) is 14.1 Å². The number of ketones is 1. The molecular weight excluding hydrogens is 461 g/mol. The lowest BCUT2D eigenvalue weighted by Crippen LogP contribution is -2.12. The lowest BCUT2D eigenvalue weighted by Gasteiger charge is -2.13. The summed E-state index contributed by atoms with van der Waals surface area (Å²) in [5.74, 6) is -1.69. The largest absolute Gasteiger partial charge is 0.416 e. The molecule has 6 nitrogen and oxygen atoms in total. The second kappa shape index (κ2) is 8.57. The van der Waals surface area contributed by atoms with Crippen LogP contribution in [0.4, 0.5) is 23.4 Å². The highest BCUT2D eigenvalue weighted by molar-refractivity contribution is 6.38. The number of carbonyl (C=O) groups excluding carboxylic acids is 1. The van der Waals surface area contributed by atoms with Crippen molar-refractivity contribution in [3.05, 3.63) is 39.0 Å². The molecule has 0 saturated carbocycles. The normalized spacial score (nSPS) is 12.8. The zero-order valence-corrected chi connectivity index (χ0v) is 16.9. The number of carbonyl (C=O) groups is 1. The van der Waals surface area contributed by atoms with Crippen molar-refractivity contribution in [3.8, 4) is 11.8 Å². The first kappa shape index (κ1) is 22.9. The summed E-state index contributed by atoms with van der Waals surface area (Å²) in [5, 5.41) is 12.1. The number of hydrogen-bond donors (Lipinski definition) is 0. The molecule has 1 aromatic heterocycles. The second-order valence-electron chi connectivity index (χ2n) is 5.73. The van der Waals surface area contributed by atoms with Gasteiger partial charge in [-0.15, -0.1) is 0 Å². The van der Waals surface area contributed by atoms with E-state index < -0.39 is 44.5 Å². The molecule has 0 amide bonds. The molecule has 2 rings (SSSR count). The Morgan fingerprint density at radius 2 is 1.90 bits per heavy atom. The number of benzene rings is 1. The van der Waals surface area contributed by atoms with Crippen molar-refractivity contribution in [1.29, 1.82) is 5.26 Å². The number of halogens is 7. The van der Waals surface area contributed by atoms with Crippen LogP contribution in [-0.2, 0) is 6.18 Å². The summed E-state index contributed by atoms with van der Waals surface area (Å²) in [6, 6.07) is 2.78. The predicted octanol–water partition coefficient (Wildman–Crippen LogP) is 5.01. The van der Waals surface area contributed by atoms with Gasteiger partial charge < -0.3 is 4.90 Å². The highest BCUT2D eigenvalue weighted by Crippen LogP contribution is 2.40. The standard InChI is InChI=1S/C16H10Cl3F4N5O/c1-27(2)6-25-15-11(13(29)14(19)20)10(5-24)26-28(15)12-8(17)3-7(4-9(12)18)16(21,22)23/h3-4,6,14H,1-2H3. The van der Waals surface area contributed by atoms with Crippen LogP contribution in [0, 0.1) is 11.3 Å². The van der Waals surface area contributed by atoms with E-state index in [1.165, 1.54) is 11.2 Å². The molecule has 0 saturated heterocycles. The van der Waals surface area contributed by atoms with Crippen LogP contribution in [0.5, 0.6) is 0 Å². The molecule has 0 aliphatic carbocycles. The smallest absolute Gasteiger partial charge is 0.369 e. The third-order valence-electron chi connectivity index (χ3n) is 3.38. The Kier molecular flexibility index (Phi) is 6.78. The molecule has 0 aliphatic rings. The Morgan fingerprint density at radius 1 is 1.34 bits per heavy atom. The Balaban J connectivity index is 2.87. The third-order valence-corrected chi connectivity index (χ3v) is 4.15. The first-order valence-electron chi connectivity index (χ1n) is 7.51. The van der Waals surface area contributed by atoms with Crippen molar-refractivity contribution >= 4 is 52.7 Å². The van der Waals surface area contributed by atoms with Gasteiger partial charge in [-0.05, 0) is 12.1 Å². The summed E-state index contributed by atoms with van der Waals surface area (Å²) in [5.41, 5.74) is -5.04. The summed E-state index contributed by atoms with van der Waals surface area (Å²) in [6.07, 6.45) is -3.53. The molecule has 0 spiro atoms. The summed E-state index contributed by atoms with van der Waals surface area (Å²) in [4.78, 5) is 17.6. The lowest BCUT2D eigenvalue weighted by atomic mass is 10.1. The highest BCUT2D eigenvalue weighted by atomic mass is 35.5. The molecular formula is C16H10Cl3F4N5O. The van der Waals surface area contributed by atoms with Crippen molar-refractivity contribution in [2.45, 2.75) is 11.8 Å². The molecule has 0 bridgehead atoms. The third kappa shape index (κ3) is 4.80. The minimum Gasteiger partial charge on any atom is -0.369 e. The van der Waals surface area contributed by atoms with Gasteiger partial charge in [0.25, 0.3) is 0 Å². The number of aliphatic imine (C=N–C) groups is 1. The monoisotopic (exact) mass is 469 g/mol. The van der Waals surface area contributed by atoms with E-state index >= 15 is 0 Å². The molecule has 1 heterocycles. The summed E-state index contributed by atoms with van der Waals surface area (Å²) in [7, 11) is 3.16. The molecule has 29 heavy (non-hydrogen) atoms. The maximum absolute atomic E-state index is 13.5. The SMILES string of the molecule is CN(C)C=Nc1c(C(=O)C(F)Cl)c(C#N)nn1-c1c(Cl)cc(C(F)(F)F)cc1Cl. The van der Waals surface area contributed by atoms with Crippen LogP contribution in [0.25, 0.3) is 5.69 Å². The minimum atomic E-state index is -4.72. The summed E-state index contributed by atoms with van der Waals surface area (Å²) >= 11 is 17.2. The molecule has 0 aliphatic heterocycles. The van der Waals surface area contributed by atoms with E-state index in [4.69, 9.17) is 34.8 Å². The highest BCUT2D eigenvalue weighted by Gasteiger charge is 2.34. The van der Waals surface area contributed by atoms with Gasteiger partial charge in [-0.1, -0.05) is 34.8 Å². The van der Waals surface area contributed by atoms with E-state index in [-0.39, 0.29) is 11.5 Å². The molecule has 154 valence electrons. The van der Waals surface area contributed by atoms with Crippen molar-refractivity contribution in [2.24, 2.45) is 4.99 Å². The van der Waals surface area contributed by atoms with Crippen LogP contribution in [0.1, 0.15) is 21.6 Å². The number of hydrogen-bond acceptors (Lipinski definition) is 4. The Labute approximate surface area is 176 Å². The van der Waals surface area contributed by atoms with Gasteiger partial charge in [0.05, 0.1) is 21.9 Å². The number of alkyl halides is 5. The number of nitrogens with zero attached hydrogens (tertiary/aromatic N) is 5. The van der Waals surface area contributed by atoms with Crippen LogP contribution in [0.15, 0.2) is 17.1 Å². The summed E-state index contributed by atoms with van der Waals surface area (Å²) in [6.45, 7) is 0. The molecule has 1 unspecified atom stereocenters. The molecule has 13 heteroatoms. The van der Waals surface area contributed by atoms with E-state index in [0.717, 1.165) is 4.68 Å². The molecule has 1 atom stereocenters. The average molecular weight is 471 g/mol. The number of nitriles is 1. The summed E-state index contributed by atoms with van der Waals surface area (Å²) < 4.78 is 53.2. The molecule has 0 radical (unpaired) electrons. The number of aromatic nitrogens is 2. The lowest BCUT2D eigenvalue weighted by molar-refractivity contribution is -0.137. The fourth-order valence-electron chi connectivity index (χ4n) is 2.20. The quantitative estimate of drug-likeness (QED) is 0.202. The van der Waals surface area contributed by atoms with E-state index in [1.807, 2.05) is 0 Å². The van der Waals surface area contributed by atoms with Crippen LogP contribution in [-0.4, -0.2) is 46.5 Å². The zero-order chi connectivity index (χ0) is 22.1. The van der Waals surface area contributed by atoms with Crippen molar-refractivity contribution in [1.82, 2.24) is 14.7 Å². The molecule has 2 aromatic rings. The van der Waals surface area contributed by atoms with Crippen LogP contribution >= 0.6 is 34.8 Å². The van der Waals surface area contributed by atoms with E-state index in [0.29, 0.717) is 12.1 Å².